The van der Waals surface area contributed by atoms with Crippen LogP contribution in [0, 0.1) is 12.8 Å². The molecule has 6 aromatic rings. The smallest absolute Gasteiger partial charge is 0.254 e. The summed E-state index contributed by atoms with van der Waals surface area (Å²) in [5.41, 5.74) is 14.1. The first kappa shape index (κ1) is 53.0. The highest BCUT2D eigenvalue weighted by Crippen LogP contribution is 2.41. The van der Waals surface area contributed by atoms with Gasteiger partial charge in [-0.2, -0.15) is 0 Å². The average Bonchev–Trinajstić information content (AvgIpc) is 4.36. The van der Waals surface area contributed by atoms with E-state index in [1.54, 1.807) is 36.6 Å². The zero-order valence-electron chi connectivity index (χ0n) is 44.6. The molecule has 2 amide bonds. The van der Waals surface area contributed by atoms with E-state index in [1.807, 2.05) is 68.9 Å². The zero-order valence-corrected chi connectivity index (χ0v) is 45.4. The molecule has 0 radical (unpaired) electrons. The van der Waals surface area contributed by atoms with Crippen LogP contribution in [0.3, 0.4) is 0 Å². The Morgan fingerprint density at radius 3 is 2.45 bits per heavy atom. The van der Waals surface area contributed by atoms with Gasteiger partial charge in [-0.05, 0) is 79.6 Å². The van der Waals surface area contributed by atoms with Crippen LogP contribution in [0.15, 0.2) is 83.0 Å². The fourth-order valence-corrected chi connectivity index (χ4v) is 12.7. The van der Waals surface area contributed by atoms with Crippen molar-refractivity contribution in [2.24, 2.45) is 5.92 Å². The number of nitrogens with two attached hydrogens (primary N) is 1. The summed E-state index contributed by atoms with van der Waals surface area (Å²) in [5.74, 6) is 0.852. The number of amides is 2. The van der Waals surface area contributed by atoms with E-state index in [-0.39, 0.29) is 73.4 Å². The number of pyridine rings is 1. The summed E-state index contributed by atoms with van der Waals surface area (Å²) in [7, 11) is 1.59. The van der Waals surface area contributed by atoms with Crippen LogP contribution < -0.4 is 35.1 Å². The minimum Gasteiger partial charge on any atom is -0.507 e. The second kappa shape index (κ2) is 23.1. The maximum Gasteiger partial charge on any atom is 0.254 e. The van der Waals surface area contributed by atoms with Gasteiger partial charge in [-0.3, -0.25) is 14.5 Å². The number of piperidine rings is 1. The molecule has 5 atom stereocenters. The molecule has 2 aromatic carbocycles. The largest absolute Gasteiger partial charge is 0.507 e. The third-order valence-corrected chi connectivity index (χ3v) is 17.1. The maximum absolute atomic E-state index is 14.2. The molecule has 4 saturated heterocycles. The van der Waals surface area contributed by atoms with E-state index in [4.69, 9.17) is 29.2 Å². The monoisotopic (exact) mass is 1080 g/mol. The number of nitrogens with zero attached hydrogens (tertiary/aromatic N) is 9. The average molecular weight is 1080 g/mol. The number of nitrogen functional groups attached to an aromatic ring is 1. The number of para-hydroxylation sites is 1. The number of phenols is 1. The van der Waals surface area contributed by atoms with E-state index >= 15 is 0 Å². The van der Waals surface area contributed by atoms with Gasteiger partial charge in [0.05, 0.1) is 52.9 Å². The predicted octanol–water partition coefficient (Wildman–Crippen LogP) is 6.60. The summed E-state index contributed by atoms with van der Waals surface area (Å²) in [6.45, 7) is 10.5. The number of rotatable bonds is 19. The molecular weight excluding hydrogens is 1010 g/mol. The van der Waals surface area contributed by atoms with Gasteiger partial charge in [-0.25, -0.2) is 9.97 Å². The molecule has 1 aliphatic carbocycles. The molecule has 4 aliphatic heterocycles. The number of carbonyl (C=O) groups is 2. The van der Waals surface area contributed by atoms with Crippen molar-refractivity contribution in [1.29, 1.82) is 0 Å². The standard InChI is InChI=1S/C57H69N11O9S/c1-33(2)53(57(72)67-31-40(69)23-47(67)56(71)60-28-36-10-9-35(21-49(36)73-4)54-34(3)61-32-78-54)50-27-52(64-77-50)74-20-19-65-17-14-41(15-18-65)75-42-24-43(25-42)76-51-22-37(13-16-59-51)68-38-11-12-39(68)30-66(29-38)46-26-45(62-63-55(46)58)44-7-5-6-8-48(44)70/h5-10,13,16,21-22,26-27,32-33,38-43,47,53,69-70H,11-12,14-15,17-20,23-25,28-31H2,1-4H3,(H2,58,63)(H,60,71)/t38-,39?,40-,42?,43?,47+,53+/m1/s1. The quantitative estimate of drug-likeness (QED) is 0.0668. The summed E-state index contributed by atoms with van der Waals surface area (Å²) < 4.78 is 30.4. The van der Waals surface area contributed by atoms with Crippen molar-refractivity contribution in [1.82, 2.24) is 40.4 Å². The van der Waals surface area contributed by atoms with E-state index in [0.29, 0.717) is 53.5 Å². The number of ether oxygens (including phenoxy) is 4. The number of aromatic nitrogens is 5. The second-order valence-corrected chi connectivity index (χ2v) is 22.5. The lowest BCUT2D eigenvalue weighted by molar-refractivity contribution is -0.141. The van der Waals surface area contributed by atoms with Crippen molar-refractivity contribution >= 4 is 40.3 Å². The highest BCUT2D eigenvalue weighted by Gasteiger charge is 2.44. The number of aliphatic hydroxyl groups excluding tert-OH is 1. The molecule has 78 heavy (non-hydrogen) atoms. The third kappa shape index (κ3) is 11.4. The number of hydrogen-bond donors (Lipinski definition) is 4. The molecule has 412 valence electrons. The Hall–Kier alpha value is -7.07. The van der Waals surface area contributed by atoms with Crippen LogP contribution >= 0.6 is 11.3 Å². The number of hydrogen-bond acceptors (Lipinski definition) is 19. The summed E-state index contributed by atoms with van der Waals surface area (Å²) in [5, 5.41) is 36.9. The molecule has 8 heterocycles. The normalized spacial score (nSPS) is 22.9. The lowest BCUT2D eigenvalue weighted by Crippen LogP contribution is -2.54. The highest BCUT2D eigenvalue weighted by molar-refractivity contribution is 7.13. The molecule has 4 aromatic heterocycles. The molecular formula is C57H69N11O9S. The third-order valence-electron chi connectivity index (χ3n) is 16.1. The number of fused-ring (bicyclic) bond motifs is 2. The van der Waals surface area contributed by atoms with Gasteiger partial charge >= 0.3 is 0 Å². The summed E-state index contributed by atoms with van der Waals surface area (Å²) >= 11 is 1.55. The maximum atomic E-state index is 14.2. The molecule has 0 spiro atoms. The number of phenolic OH excluding ortho intramolecular Hbond substituents is 1. The predicted molar refractivity (Wildman–Crippen MR) is 294 cm³/mol. The van der Waals surface area contributed by atoms with E-state index in [1.165, 1.54) is 4.90 Å². The Morgan fingerprint density at radius 2 is 1.71 bits per heavy atom. The fraction of sp³-hybridized carbons (Fsp3) is 0.491. The molecule has 2 bridgehead atoms. The van der Waals surface area contributed by atoms with Crippen LogP contribution in [-0.2, 0) is 20.9 Å². The van der Waals surface area contributed by atoms with Crippen LogP contribution in [0.25, 0.3) is 21.7 Å². The number of thiazole rings is 1. The SMILES string of the molecule is COc1cc(-c2scnc2C)ccc1CNC(=O)[C@@H]1C[C@@H](O)CN1C(=O)[C@H](c1cc(OCCN2CCC(OC3CC(Oc4cc(N5C6CC[C@@H]5CN(c5cc(-c7ccccc7O)nnc5N)C6)ccn4)C3)CC2)no1)C(C)C. The number of β-amino-alcohol motifs (C(OH)–C–C–N with tert-alkyl or cyclic N) is 1. The van der Waals surface area contributed by atoms with Crippen LogP contribution in [0.1, 0.15) is 81.7 Å². The molecule has 21 heteroatoms. The first-order chi connectivity index (χ1) is 37.8. The Balaban J connectivity index is 0.602. The topological polar surface area (TPSA) is 240 Å². The molecule has 1 saturated carbocycles. The van der Waals surface area contributed by atoms with Crippen molar-refractivity contribution in [2.45, 2.75) is 121 Å². The van der Waals surface area contributed by atoms with E-state index < -0.39 is 18.1 Å². The second-order valence-electron chi connectivity index (χ2n) is 21.6. The van der Waals surface area contributed by atoms with Crippen molar-refractivity contribution < 1.29 is 43.3 Å². The van der Waals surface area contributed by atoms with Gasteiger partial charge < -0.3 is 59.4 Å². The summed E-state index contributed by atoms with van der Waals surface area (Å²) in [6.07, 6.45) is 7.15. The number of methoxy groups -OCH3 is 1. The fourth-order valence-electron chi connectivity index (χ4n) is 11.9. The number of nitrogens with one attached hydrogen (secondary N) is 1. The number of anilines is 3. The Morgan fingerprint density at radius 1 is 0.910 bits per heavy atom. The van der Waals surface area contributed by atoms with Gasteiger partial charge in [0.25, 0.3) is 5.88 Å². The van der Waals surface area contributed by atoms with Gasteiger partial charge in [0.2, 0.25) is 17.7 Å². The van der Waals surface area contributed by atoms with Crippen molar-refractivity contribution in [2.75, 3.05) is 68.5 Å². The minimum atomic E-state index is -0.859. The number of aryl methyl sites for hydroxylation is 1. The zero-order chi connectivity index (χ0) is 54.0. The molecule has 11 rings (SSSR count). The molecule has 20 nitrogen and oxygen atoms in total. The first-order valence-corrected chi connectivity index (χ1v) is 28.1. The highest BCUT2D eigenvalue weighted by atomic mass is 32.1. The lowest BCUT2D eigenvalue weighted by atomic mass is 9.91. The number of aromatic hydroxyl groups is 1. The van der Waals surface area contributed by atoms with Crippen molar-refractivity contribution in [3.05, 3.63) is 95.5 Å². The molecule has 1 unspecified atom stereocenters. The van der Waals surface area contributed by atoms with Gasteiger partial charge in [0.1, 0.15) is 36.2 Å². The van der Waals surface area contributed by atoms with Crippen LogP contribution in [0.4, 0.5) is 17.2 Å². The molecule has 5 aliphatic rings. The van der Waals surface area contributed by atoms with Crippen molar-refractivity contribution in [3.8, 4) is 45.0 Å². The Bertz CT molecular complexity index is 3060. The number of carbonyl (C=O) groups excluding carboxylic acids is 2. The summed E-state index contributed by atoms with van der Waals surface area (Å²) in [6, 6.07) is 20.4. The molecule has 5 fully saturated rings. The van der Waals surface area contributed by atoms with Crippen LogP contribution in [0.5, 0.6) is 23.3 Å². The van der Waals surface area contributed by atoms with Gasteiger partial charge in [-0.15, -0.1) is 21.5 Å². The van der Waals surface area contributed by atoms with Crippen LogP contribution in [-0.4, -0.2) is 153 Å². The first-order valence-electron chi connectivity index (χ1n) is 27.2. The van der Waals surface area contributed by atoms with E-state index in [2.05, 4.69) is 57.5 Å². The Kier molecular flexibility index (Phi) is 15.7. The number of piperazine rings is 1. The van der Waals surface area contributed by atoms with Crippen molar-refractivity contribution in [3.63, 3.8) is 0 Å². The number of likely N-dealkylation sites (tertiary alicyclic amines) is 2. The minimum absolute atomic E-state index is 0.0339. The van der Waals surface area contributed by atoms with Gasteiger partial charge in [0.15, 0.2) is 11.6 Å². The number of aliphatic hydroxyl groups is 1. The van der Waals surface area contributed by atoms with E-state index in [9.17, 15) is 19.8 Å². The van der Waals surface area contributed by atoms with Gasteiger partial charge in [-0.1, -0.05) is 38.1 Å². The van der Waals surface area contributed by atoms with E-state index in [0.717, 1.165) is 97.8 Å². The van der Waals surface area contributed by atoms with Crippen LogP contribution in [0.2, 0.25) is 0 Å². The lowest BCUT2D eigenvalue weighted by Gasteiger charge is -2.43. The number of benzene rings is 2. The summed E-state index contributed by atoms with van der Waals surface area (Å²) in [4.78, 5) is 46.6. The molecule has 5 N–H and O–H groups in total. The van der Waals surface area contributed by atoms with Gasteiger partial charge in [0, 0.05) is 112 Å². The Labute approximate surface area is 457 Å².